The Morgan fingerprint density at radius 3 is 2.52 bits per heavy atom. The smallest absolute Gasteiger partial charge is 0.314 e. The second kappa shape index (κ2) is 5.54. The van der Waals surface area contributed by atoms with Gasteiger partial charge in [0.1, 0.15) is 0 Å². The average molecular weight is 294 g/mol. The predicted octanol–water partition coefficient (Wildman–Crippen LogP) is 3.27. The summed E-state index contributed by atoms with van der Waals surface area (Å²) in [4.78, 5) is 11.8. The third kappa shape index (κ3) is 2.34. The van der Waals surface area contributed by atoms with Gasteiger partial charge in [-0.05, 0) is 18.9 Å². The lowest BCUT2D eigenvalue weighted by atomic mass is 9.69. The van der Waals surface area contributed by atoms with Crippen molar-refractivity contribution in [1.29, 1.82) is 0 Å². The molecular weight excluding hydrogens is 275 g/mol. The van der Waals surface area contributed by atoms with E-state index in [9.17, 15) is 14.3 Å². The van der Waals surface area contributed by atoms with Gasteiger partial charge in [0.05, 0.1) is 18.6 Å². The van der Waals surface area contributed by atoms with Crippen molar-refractivity contribution >= 4 is 5.97 Å². The first-order valence-corrected chi connectivity index (χ1v) is 7.47. The minimum absolute atomic E-state index is 0.0659. The lowest BCUT2D eigenvalue weighted by molar-refractivity contribution is -0.145. The summed E-state index contributed by atoms with van der Waals surface area (Å²) in [5, 5.41) is 9.69. The van der Waals surface area contributed by atoms with Gasteiger partial charge in [-0.15, -0.1) is 0 Å². The highest BCUT2D eigenvalue weighted by Crippen LogP contribution is 2.45. The van der Waals surface area contributed by atoms with Crippen molar-refractivity contribution in [2.75, 3.05) is 13.2 Å². The zero-order chi connectivity index (χ0) is 14.9. The summed E-state index contributed by atoms with van der Waals surface area (Å²) in [5.41, 5.74) is -0.897. The number of rotatable bonds is 2. The first-order chi connectivity index (χ1) is 10.1. The van der Waals surface area contributed by atoms with E-state index in [0.717, 1.165) is 19.3 Å². The third-order valence-corrected chi connectivity index (χ3v) is 4.49. The van der Waals surface area contributed by atoms with Gasteiger partial charge in [0.2, 0.25) is 0 Å². The van der Waals surface area contributed by atoms with Gasteiger partial charge in [-0.3, -0.25) is 4.79 Å². The Balaban J connectivity index is 2.09. The highest BCUT2D eigenvalue weighted by molar-refractivity contribution is 5.82. The van der Waals surface area contributed by atoms with Crippen molar-refractivity contribution < 1.29 is 23.8 Å². The second-order valence-electron chi connectivity index (χ2n) is 5.75. The second-order valence-corrected chi connectivity index (χ2v) is 5.75. The van der Waals surface area contributed by atoms with Gasteiger partial charge < -0.3 is 14.6 Å². The van der Waals surface area contributed by atoms with Crippen LogP contribution in [0.4, 0.5) is 4.39 Å². The van der Waals surface area contributed by atoms with Gasteiger partial charge in [0.15, 0.2) is 17.3 Å². The molecule has 0 amide bonds. The Kier molecular flexibility index (Phi) is 3.74. The molecule has 1 heterocycles. The molecule has 1 aromatic rings. The lowest BCUT2D eigenvalue weighted by Gasteiger charge is -2.34. The number of carboxylic acid groups (broad SMARTS) is 1. The van der Waals surface area contributed by atoms with Crippen LogP contribution in [0, 0.1) is 5.82 Å². The molecule has 1 aliphatic heterocycles. The maximum Gasteiger partial charge on any atom is 0.314 e. The predicted molar refractivity (Wildman–Crippen MR) is 74.4 cm³/mol. The third-order valence-electron chi connectivity index (χ3n) is 4.49. The summed E-state index contributed by atoms with van der Waals surface area (Å²) < 4.78 is 25.8. The molecular formula is C16H19FO4. The van der Waals surface area contributed by atoms with Crippen LogP contribution in [0.1, 0.15) is 44.1 Å². The Morgan fingerprint density at radius 2 is 1.81 bits per heavy atom. The number of aliphatic carboxylic acids is 1. The molecule has 2 aliphatic rings. The first kappa shape index (κ1) is 14.2. The van der Waals surface area contributed by atoms with E-state index in [1.807, 2.05) is 0 Å². The number of hydrogen-bond acceptors (Lipinski definition) is 3. The maximum atomic E-state index is 14.9. The zero-order valence-electron chi connectivity index (χ0n) is 11.9. The summed E-state index contributed by atoms with van der Waals surface area (Å²) in [5.74, 6) is -1.09. The van der Waals surface area contributed by atoms with Gasteiger partial charge in [-0.1, -0.05) is 25.3 Å². The van der Waals surface area contributed by atoms with E-state index in [1.165, 1.54) is 0 Å². The lowest BCUT2D eigenvalue weighted by Crippen LogP contribution is -2.38. The Hall–Kier alpha value is -1.78. The van der Waals surface area contributed by atoms with E-state index < -0.39 is 17.2 Å². The van der Waals surface area contributed by atoms with E-state index in [0.29, 0.717) is 38.2 Å². The molecule has 0 saturated heterocycles. The summed E-state index contributed by atoms with van der Waals surface area (Å²) in [6.07, 6.45) is 4.24. The molecule has 21 heavy (non-hydrogen) atoms. The highest BCUT2D eigenvalue weighted by atomic mass is 19.1. The Bertz CT molecular complexity index is 549. The van der Waals surface area contributed by atoms with Crippen LogP contribution in [-0.2, 0) is 10.2 Å². The van der Waals surface area contributed by atoms with E-state index in [-0.39, 0.29) is 11.3 Å². The van der Waals surface area contributed by atoms with E-state index in [2.05, 4.69) is 0 Å². The first-order valence-electron chi connectivity index (χ1n) is 7.47. The number of benzene rings is 1. The van der Waals surface area contributed by atoms with Crippen molar-refractivity contribution in [1.82, 2.24) is 0 Å². The molecule has 1 aromatic carbocycles. The summed E-state index contributed by atoms with van der Waals surface area (Å²) in [6, 6.07) is 3.20. The fraction of sp³-hybridized carbons (Fsp3) is 0.562. The quantitative estimate of drug-likeness (QED) is 0.909. The molecule has 0 aromatic heterocycles. The van der Waals surface area contributed by atoms with Crippen LogP contribution in [0.2, 0.25) is 0 Å². The van der Waals surface area contributed by atoms with Crippen LogP contribution in [0.5, 0.6) is 11.5 Å². The molecule has 0 bridgehead atoms. The van der Waals surface area contributed by atoms with E-state index >= 15 is 0 Å². The van der Waals surface area contributed by atoms with Crippen LogP contribution in [0.15, 0.2) is 12.1 Å². The van der Waals surface area contributed by atoms with Crippen LogP contribution >= 0.6 is 0 Å². The van der Waals surface area contributed by atoms with Crippen molar-refractivity contribution in [3.8, 4) is 11.5 Å². The standard InChI is InChI=1S/C16H19FO4/c17-13-11(16(15(18)19)7-2-1-3-8-16)5-6-12-14(13)21-10-4-9-20-12/h5-6H,1-4,7-10H2,(H,18,19). The van der Waals surface area contributed by atoms with Crippen LogP contribution < -0.4 is 9.47 Å². The van der Waals surface area contributed by atoms with Gasteiger partial charge in [0.25, 0.3) is 0 Å². The average Bonchev–Trinajstić information content (AvgIpc) is 2.74. The van der Waals surface area contributed by atoms with Crippen molar-refractivity contribution in [3.63, 3.8) is 0 Å². The number of ether oxygens (including phenoxy) is 2. The van der Waals surface area contributed by atoms with E-state index in [4.69, 9.17) is 9.47 Å². The molecule has 1 N–H and O–H groups in total. The monoisotopic (exact) mass is 294 g/mol. The topological polar surface area (TPSA) is 55.8 Å². The minimum Gasteiger partial charge on any atom is -0.489 e. The molecule has 1 aliphatic carbocycles. The number of fused-ring (bicyclic) bond motifs is 1. The normalized spacial score (nSPS) is 20.6. The van der Waals surface area contributed by atoms with Crippen molar-refractivity contribution in [2.45, 2.75) is 43.9 Å². The number of carboxylic acids is 1. The Morgan fingerprint density at radius 1 is 1.10 bits per heavy atom. The SMILES string of the molecule is O=C(O)C1(c2ccc3c(c2F)OCCCO3)CCCCC1. The van der Waals surface area contributed by atoms with Crippen LogP contribution in [0.25, 0.3) is 0 Å². The molecule has 114 valence electrons. The fourth-order valence-electron chi connectivity index (χ4n) is 3.33. The summed E-state index contributed by atoms with van der Waals surface area (Å²) in [7, 11) is 0. The molecule has 0 atom stereocenters. The molecule has 0 spiro atoms. The molecule has 4 nitrogen and oxygen atoms in total. The summed E-state index contributed by atoms with van der Waals surface area (Å²) in [6.45, 7) is 0.864. The fourth-order valence-corrected chi connectivity index (χ4v) is 3.33. The zero-order valence-corrected chi connectivity index (χ0v) is 11.9. The number of hydrogen-bond donors (Lipinski definition) is 1. The largest absolute Gasteiger partial charge is 0.489 e. The number of halogens is 1. The molecule has 0 radical (unpaired) electrons. The van der Waals surface area contributed by atoms with Gasteiger partial charge in [0, 0.05) is 12.0 Å². The summed E-state index contributed by atoms with van der Waals surface area (Å²) >= 11 is 0. The van der Waals surface area contributed by atoms with Gasteiger partial charge in [-0.2, -0.15) is 0 Å². The van der Waals surface area contributed by atoms with Gasteiger partial charge >= 0.3 is 5.97 Å². The van der Waals surface area contributed by atoms with Crippen molar-refractivity contribution in [2.24, 2.45) is 0 Å². The molecule has 5 heteroatoms. The number of carbonyl (C=O) groups is 1. The van der Waals surface area contributed by atoms with E-state index in [1.54, 1.807) is 12.1 Å². The highest BCUT2D eigenvalue weighted by Gasteiger charge is 2.44. The molecule has 3 rings (SSSR count). The van der Waals surface area contributed by atoms with Gasteiger partial charge in [-0.25, -0.2) is 4.39 Å². The van der Waals surface area contributed by atoms with Crippen LogP contribution in [-0.4, -0.2) is 24.3 Å². The maximum absolute atomic E-state index is 14.9. The van der Waals surface area contributed by atoms with Crippen LogP contribution in [0.3, 0.4) is 0 Å². The molecule has 1 fully saturated rings. The molecule has 0 unspecified atom stereocenters. The Labute approximate surface area is 122 Å². The van der Waals surface area contributed by atoms with Crippen molar-refractivity contribution in [3.05, 3.63) is 23.5 Å². The minimum atomic E-state index is -1.13. The molecule has 1 saturated carbocycles.